The van der Waals surface area contributed by atoms with Gasteiger partial charge < -0.3 is 4.90 Å². The summed E-state index contributed by atoms with van der Waals surface area (Å²) in [5, 5.41) is 2.37. The van der Waals surface area contributed by atoms with Crippen molar-refractivity contribution < 1.29 is 14.4 Å². The van der Waals surface area contributed by atoms with Crippen LogP contribution in [0.4, 0.5) is 0 Å². The lowest BCUT2D eigenvalue weighted by molar-refractivity contribution is -0.136. The molecule has 2 fully saturated rings. The normalized spacial score (nSPS) is 24.9. The Labute approximate surface area is 200 Å². The molecule has 6 nitrogen and oxygen atoms in total. The monoisotopic (exact) mass is 455 g/mol. The summed E-state index contributed by atoms with van der Waals surface area (Å²) in [5.74, 6) is 6.15. The van der Waals surface area contributed by atoms with Gasteiger partial charge in [0.15, 0.2) is 0 Å². The quantitative estimate of drug-likeness (QED) is 0.568. The van der Waals surface area contributed by atoms with Crippen LogP contribution < -0.4 is 5.32 Å². The van der Waals surface area contributed by atoms with Gasteiger partial charge in [-0.2, -0.15) is 0 Å². The molecule has 6 heteroatoms. The predicted octanol–water partition coefficient (Wildman–Crippen LogP) is 3.22. The highest BCUT2D eigenvalue weighted by Gasteiger charge is 2.39. The molecule has 0 aromatic heterocycles. The lowest BCUT2D eigenvalue weighted by Crippen LogP contribution is -2.52. The largest absolute Gasteiger partial charge is 0.322 e. The number of piperidine rings is 2. The number of likely N-dealkylation sites (tertiary alicyclic amines) is 1. The number of carbonyl (C=O) groups is 3. The van der Waals surface area contributed by atoms with Gasteiger partial charge in [-0.3, -0.25) is 24.6 Å². The summed E-state index contributed by atoms with van der Waals surface area (Å²) in [6.45, 7) is 4.18. The minimum absolute atomic E-state index is 0.122. The van der Waals surface area contributed by atoms with Crippen molar-refractivity contribution in [2.75, 3.05) is 6.54 Å². The third-order valence-corrected chi connectivity index (χ3v) is 7.27. The van der Waals surface area contributed by atoms with Crippen LogP contribution in [0.1, 0.15) is 65.6 Å². The predicted molar refractivity (Wildman–Crippen MR) is 129 cm³/mol. The van der Waals surface area contributed by atoms with Crippen LogP contribution in [-0.4, -0.2) is 46.1 Å². The average Bonchev–Trinajstić information content (AvgIpc) is 3.16. The van der Waals surface area contributed by atoms with Crippen LogP contribution in [0.2, 0.25) is 0 Å². The fourth-order valence-electron chi connectivity index (χ4n) is 5.49. The standard InChI is InChI=1S/C28H29N3O3/c1-2-6-23-16-21(13-14-30(23)17-19-7-4-3-5-8-19)20-9-10-24-22(15-20)18-31(28(24)34)25-11-12-26(32)29-27(25)33/h3-5,7-10,15,21,23,25H,11-14,16-18H2,1H3,(H,29,32,33). The Morgan fingerprint density at radius 3 is 2.65 bits per heavy atom. The second-order valence-corrected chi connectivity index (χ2v) is 9.40. The Hall–Kier alpha value is -3.43. The van der Waals surface area contributed by atoms with E-state index in [4.69, 9.17) is 0 Å². The molecule has 0 bridgehead atoms. The van der Waals surface area contributed by atoms with Gasteiger partial charge in [0.05, 0.1) is 6.04 Å². The van der Waals surface area contributed by atoms with Gasteiger partial charge in [-0.15, -0.1) is 5.92 Å². The topological polar surface area (TPSA) is 69.7 Å². The number of amides is 3. The van der Waals surface area contributed by atoms with Crippen LogP contribution in [0.25, 0.3) is 0 Å². The molecule has 2 aromatic rings. The summed E-state index contributed by atoms with van der Waals surface area (Å²) in [5.41, 5.74) is 4.17. The number of hydrogen-bond donors (Lipinski definition) is 1. The molecule has 3 aliphatic rings. The van der Waals surface area contributed by atoms with E-state index in [9.17, 15) is 14.4 Å². The number of nitrogens with zero attached hydrogens (tertiary/aromatic N) is 2. The highest BCUT2D eigenvalue weighted by molar-refractivity contribution is 6.05. The van der Waals surface area contributed by atoms with Crippen molar-refractivity contribution in [2.24, 2.45) is 0 Å². The third-order valence-electron chi connectivity index (χ3n) is 7.27. The van der Waals surface area contributed by atoms with Crippen molar-refractivity contribution in [2.45, 2.75) is 63.7 Å². The van der Waals surface area contributed by atoms with Gasteiger partial charge in [-0.1, -0.05) is 48.4 Å². The zero-order valence-electron chi connectivity index (χ0n) is 19.4. The van der Waals surface area contributed by atoms with E-state index in [2.05, 4.69) is 58.5 Å². The van der Waals surface area contributed by atoms with Crippen molar-refractivity contribution in [1.29, 1.82) is 0 Å². The first kappa shape index (κ1) is 22.4. The van der Waals surface area contributed by atoms with E-state index >= 15 is 0 Å². The Balaban J connectivity index is 1.30. The molecule has 2 aromatic carbocycles. The first-order valence-electron chi connectivity index (χ1n) is 12.0. The Bertz CT molecular complexity index is 1180. The summed E-state index contributed by atoms with van der Waals surface area (Å²) >= 11 is 0. The molecular formula is C28H29N3O3. The number of nitrogens with one attached hydrogen (secondary N) is 1. The molecule has 3 amide bonds. The van der Waals surface area contributed by atoms with E-state index in [1.165, 1.54) is 11.1 Å². The first-order valence-corrected chi connectivity index (χ1v) is 12.0. The molecule has 0 aliphatic carbocycles. The molecule has 5 rings (SSSR count). The minimum Gasteiger partial charge on any atom is -0.322 e. The van der Waals surface area contributed by atoms with E-state index in [1.54, 1.807) is 4.90 Å². The van der Waals surface area contributed by atoms with E-state index in [0.717, 1.165) is 31.5 Å². The Kier molecular flexibility index (Phi) is 6.21. The molecule has 3 heterocycles. The number of benzene rings is 2. The van der Waals surface area contributed by atoms with Crippen LogP contribution in [0.15, 0.2) is 48.5 Å². The van der Waals surface area contributed by atoms with Gasteiger partial charge in [0.25, 0.3) is 5.91 Å². The van der Waals surface area contributed by atoms with Crippen molar-refractivity contribution in [3.63, 3.8) is 0 Å². The lowest BCUT2D eigenvalue weighted by Gasteiger charge is -2.37. The van der Waals surface area contributed by atoms with Crippen molar-refractivity contribution >= 4 is 17.7 Å². The molecule has 0 saturated carbocycles. The molecule has 2 saturated heterocycles. The summed E-state index contributed by atoms with van der Waals surface area (Å²) in [7, 11) is 0. The SMILES string of the molecule is CC#CC1CC(c2ccc3c(c2)CN(C2CCC(=O)NC2=O)C3=O)CCN1Cc1ccccc1. The van der Waals surface area contributed by atoms with Gasteiger partial charge in [0.1, 0.15) is 6.04 Å². The maximum atomic E-state index is 13.0. The molecule has 3 aliphatic heterocycles. The van der Waals surface area contributed by atoms with Crippen LogP contribution in [-0.2, 0) is 22.7 Å². The van der Waals surface area contributed by atoms with E-state index in [-0.39, 0.29) is 30.2 Å². The van der Waals surface area contributed by atoms with Gasteiger partial charge in [-0.25, -0.2) is 0 Å². The van der Waals surface area contributed by atoms with E-state index in [1.807, 2.05) is 19.1 Å². The maximum Gasteiger partial charge on any atom is 0.255 e. The number of fused-ring (bicyclic) bond motifs is 1. The maximum absolute atomic E-state index is 13.0. The smallest absolute Gasteiger partial charge is 0.255 e. The molecule has 0 radical (unpaired) electrons. The fourth-order valence-corrected chi connectivity index (χ4v) is 5.49. The Morgan fingerprint density at radius 1 is 1.06 bits per heavy atom. The molecule has 174 valence electrons. The second-order valence-electron chi connectivity index (χ2n) is 9.40. The number of hydrogen-bond acceptors (Lipinski definition) is 4. The van der Waals surface area contributed by atoms with Crippen molar-refractivity contribution in [3.05, 3.63) is 70.8 Å². The van der Waals surface area contributed by atoms with Gasteiger partial charge in [0, 0.05) is 31.6 Å². The van der Waals surface area contributed by atoms with Gasteiger partial charge in [0.2, 0.25) is 11.8 Å². The summed E-state index contributed by atoms with van der Waals surface area (Å²) in [4.78, 5) is 40.9. The minimum atomic E-state index is -0.577. The first-order chi connectivity index (χ1) is 16.5. The molecule has 3 atom stereocenters. The van der Waals surface area contributed by atoms with Crippen LogP contribution in [0.3, 0.4) is 0 Å². The molecule has 3 unspecified atom stereocenters. The van der Waals surface area contributed by atoms with Crippen LogP contribution in [0, 0.1) is 11.8 Å². The zero-order chi connectivity index (χ0) is 23.7. The second kappa shape index (κ2) is 9.44. The average molecular weight is 456 g/mol. The molecular weight excluding hydrogens is 426 g/mol. The Morgan fingerprint density at radius 2 is 1.88 bits per heavy atom. The summed E-state index contributed by atoms with van der Waals surface area (Å²) in [6.07, 6.45) is 2.65. The van der Waals surface area contributed by atoms with Crippen LogP contribution >= 0.6 is 0 Å². The molecule has 0 spiro atoms. The number of rotatable bonds is 4. The fraction of sp³-hybridized carbons (Fsp3) is 0.393. The summed E-state index contributed by atoms with van der Waals surface area (Å²) in [6, 6.07) is 16.3. The van der Waals surface area contributed by atoms with Crippen molar-refractivity contribution in [3.8, 4) is 11.8 Å². The molecule has 34 heavy (non-hydrogen) atoms. The number of carbonyl (C=O) groups excluding carboxylic acids is 3. The van der Waals surface area contributed by atoms with Gasteiger partial charge >= 0.3 is 0 Å². The number of imide groups is 1. The summed E-state index contributed by atoms with van der Waals surface area (Å²) < 4.78 is 0. The highest BCUT2D eigenvalue weighted by atomic mass is 16.2. The third kappa shape index (κ3) is 4.36. The lowest BCUT2D eigenvalue weighted by atomic mass is 9.84. The van der Waals surface area contributed by atoms with Crippen LogP contribution in [0.5, 0.6) is 0 Å². The van der Waals surface area contributed by atoms with E-state index in [0.29, 0.717) is 24.4 Å². The van der Waals surface area contributed by atoms with Gasteiger partial charge in [-0.05, 0) is 54.9 Å². The van der Waals surface area contributed by atoms with E-state index < -0.39 is 6.04 Å². The molecule has 1 N–H and O–H groups in total. The van der Waals surface area contributed by atoms with Crippen molar-refractivity contribution in [1.82, 2.24) is 15.1 Å². The zero-order valence-corrected chi connectivity index (χ0v) is 19.4. The highest BCUT2D eigenvalue weighted by Crippen LogP contribution is 2.35.